The van der Waals surface area contributed by atoms with Gasteiger partial charge in [0.25, 0.3) is 5.91 Å². The minimum Gasteiger partial charge on any atom is -0.341 e. The highest BCUT2D eigenvalue weighted by atomic mass is 16.2. The summed E-state index contributed by atoms with van der Waals surface area (Å²) in [6.07, 6.45) is 6.40. The highest BCUT2D eigenvalue weighted by molar-refractivity contribution is 6.00. The molecule has 2 aromatic heterocycles. The van der Waals surface area contributed by atoms with Crippen LogP contribution in [-0.4, -0.2) is 44.7 Å². The van der Waals surface area contributed by atoms with Crippen LogP contribution in [0.2, 0.25) is 0 Å². The molecule has 9 nitrogen and oxygen atoms in total. The summed E-state index contributed by atoms with van der Waals surface area (Å²) in [6.45, 7) is 1.36. The Kier molecular flexibility index (Phi) is 6.47. The van der Waals surface area contributed by atoms with Gasteiger partial charge in [-0.15, -0.1) is 0 Å². The lowest BCUT2D eigenvalue weighted by atomic mass is 9.96. The highest BCUT2D eigenvalue weighted by Crippen LogP contribution is 2.24. The Morgan fingerprint density at radius 2 is 1.49 bits per heavy atom. The van der Waals surface area contributed by atoms with Gasteiger partial charge >= 0.3 is 0 Å². The molecule has 5 rings (SSSR count). The first kappa shape index (κ1) is 22.3. The number of hydrazine groups is 1. The molecule has 9 heteroatoms. The Morgan fingerprint density at radius 1 is 0.829 bits per heavy atom. The molecule has 0 aliphatic carbocycles. The lowest BCUT2D eigenvalue weighted by Gasteiger charge is -2.31. The fourth-order valence-electron chi connectivity index (χ4n) is 4.15. The van der Waals surface area contributed by atoms with Crippen LogP contribution in [0.1, 0.15) is 23.2 Å². The quantitative estimate of drug-likeness (QED) is 0.437. The number of hydrogen-bond donors (Lipinski definition) is 2. The number of nitrogens with zero attached hydrogens (tertiary/aromatic N) is 5. The van der Waals surface area contributed by atoms with Gasteiger partial charge < -0.3 is 4.90 Å². The molecule has 2 amide bonds. The standard InChI is InChI=1S/C26H25N7O2/c34-24(20-12-16-32(17-13-20)26-27-14-7-15-28-26)29-30-25(35)22-18-33(21-10-5-2-6-11-21)31-23(22)19-8-3-1-4-9-19/h1-11,14-15,18,20H,12-13,16-17H2,(H,29,34)(H,30,35). The molecule has 0 unspecified atom stereocenters. The second-order valence-electron chi connectivity index (χ2n) is 8.29. The molecule has 0 spiro atoms. The summed E-state index contributed by atoms with van der Waals surface area (Å²) in [5.41, 5.74) is 7.75. The van der Waals surface area contributed by atoms with Crippen molar-refractivity contribution in [3.8, 4) is 16.9 Å². The van der Waals surface area contributed by atoms with E-state index in [-0.39, 0.29) is 11.8 Å². The number of amides is 2. The number of benzene rings is 2. The summed E-state index contributed by atoms with van der Waals surface area (Å²) in [6, 6.07) is 20.9. The first-order chi connectivity index (χ1) is 17.2. The summed E-state index contributed by atoms with van der Waals surface area (Å²) in [5.74, 6) is -0.155. The fraction of sp³-hybridized carbons (Fsp3) is 0.192. The maximum Gasteiger partial charge on any atom is 0.273 e. The maximum absolute atomic E-state index is 13.1. The van der Waals surface area contributed by atoms with Crippen molar-refractivity contribution in [2.24, 2.45) is 5.92 Å². The van der Waals surface area contributed by atoms with E-state index in [0.29, 0.717) is 43.1 Å². The molecule has 4 aromatic rings. The molecule has 2 aromatic carbocycles. The number of hydrogen-bond acceptors (Lipinski definition) is 6. The van der Waals surface area contributed by atoms with Crippen molar-refractivity contribution >= 4 is 17.8 Å². The van der Waals surface area contributed by atoms with Crippen LogP contribution >= 0.6 is 0 Å². The molecular weight excluding hydrogens is 442 g/mol. The maximum atomic E-state index is 13.1. The van der Waals surface area contributed by atoms with Crippen molar-refractivity contribution in [1.82, 2.24) is 30.6 Å². The Bertz CT molecular complexity index is 1290. The monoisotopic (exact) mass is 467 g/mol. The van der Waals surface area contributed by atoms with Crippen molar-refractivity contribution in [2.45, 2.75) is 12.8 Å². The molecule has 0 radical (unpaired) electrons. The third-order valence-corrected chi connectivity index (χ3v) is 6.03. The average molecular weight is 468 g/mol. The van der Waals surface area contributed by atoms with Gasteiger partial charge in [-0.25, -0.2) is 14.6 Å². The van der Waals surface area contributed by atoms with E-state index in [0.717, 1.165) is 11.3 Å². The van der Waals surface area contributed by atoms with Crippen LogP contribution in [0.25, 0.3) is 16.9 Å². The van der Waals surface area contributed by atoms with Gasteiger partial charge in [0.1, 0.15) is 5.69 Å². The normalized spacial score (nSPS) is 13.9. The van der Waals surface area contributed by atoms with E-state index in [1.165, 1.54) is 0 Å². The summed E-state index contributed by atoms with van der Waals surface area (Å²) >= 11 is 0. The van der Waals surface area contributed by atoms with Crippen molar-refractivity contribution < 1.29 is 9.59 Å². The molecule has 0 atom stereocenters. The summed E-state index contributed by atoms with van der Waals surface area (Å²) in [5, 5.41) is 4.65. The summed E-state index contributed by atoms with van der Waals surface area (Å²) in [7, 11) is 0. The molecule has 0 saturated carbocycles. The first-order valence-electron chi connectivity index (χ1n) is 11.5. The molecule has 35 heavy (non-hydrogen) atoms. The van der Waals surface area contributed by atoms with Crippen molar-refractivity contribution in [2.75, 3.05) is 18.0 Å². The van der Waals surface area contributed by atoms with E-state index in [1.54, 1.807) is 29.3 Å². The fourth-order valence-corrected chi connectivity index (χ4v) is 4.15. The number of rotatable bonds is 5. The number of nitrogens with one attached hydrogen (secondary N) is 2. The molecule has 176 valence electrons. The van der Waals surface area contributed by atoms with E-state index in [1.807, 2.05) is 60.7 Å². The third-order valence-electron chi connectivity index (χ3n) is 6.03. The Balaban J connectivity index is 1.26. The second-order valence-corrected chi connectivity index (χ2v) is 8.29. The lowest BCUT2D eigenvalue weighted by Crippen LogP contribution is -2.47. The predicted molar refractivity (Wildman–Crippen MR) is 132 cm³/mol. The van der Waals surface area contributed by atoms with Crippen LogP contribution in [0.15, 0.2) is 85.3 Å². The van der Waals surface area contributed by atoms with Crippen LogP contribution in [0.3, 0.4) is 0 Å². The lowest BCUT2D eigenvalue weighted by molar-refractivity contribution is -0.126. The predicted octanol–water partition coefficient (Wildman–Crippen LogP) is 3.01. The van der Waals surface area contributed by atoms with Gasteiger partial charge in [-0.2, -0.15) is 5.10 Å². The highest BCUT2D eigenvalue weighted by Gasteiger charge is 2.27. The summed E-state index contributed by atoms with van der Waals surface area (Å²) < 4.78 is 1.67. The molecule has 1 fully saturated rings. The number of carbonyl (C=O) groups is 2. The van der Waals surface area contributed by atoms with Crippen LogP contribution in [0, 0.1) is 5.92 Å². The van der Waals surface area contributed by atoms with Crippen molar-refractivity contribution in [1.29, 1.82) is 0 Å². The molecule has 0 bridgehead atoms. The molecule has 1 aliphatic heterocycles. The Morgan fingerprint density at radius 3 is 2.17 bits per heavy atom. The Hall–Kier alpha value is -4.53. The molecule has 2 N–H and O–H groups in total. The van der Waals surface area contributed by atoms with Gasteiger partial charge in [0.2, 0.25) is 11.9 Å². The molecule has 1 aliphatic rings. The van der Waals surface area contributed by atoms with Crippen LogP contribution in [-0.2, 0) is 4.79 Å². The van der Waals surface area contributed by atoms with Crippen LogP contribution in [0.4, 0.5) is 5.95 Å². The average Bonchev–Trinajstić information content (AvgIpc) is 3.39. The number of para-hydroxylation sites is 1. The van der Waals surface area contributed by atoms with E-state index >= 15 is 0 Å². The first-order valence-corrected chi connectivity index (χ1v) is 11.5. The van der Waals surface area contributed by atoms with E-state index in [9.17, 15) is 9.59 Å². The number of anilines is 1. The van der Waals surface area contributed by atoms with Crippen LogP contribution < -0.4 is 15.8 Å². The van der Waals surface area contributed by atoms with E-state index < -0.39 is 5.91 Å². The zero-order chi connectivity index (χ0) is 24.0. The minimum absolute atomic E-state index is 0.198. The van der Waals surface area contributed by atoms with Crippen molar-refractivity contribution in [3.05, 3.63) is 90.9 Å². The number of piperidine rings is 1. The van der Waals surface area contributed by atoms with E-state index in [4.69, 9.17) is 0 Å². The van der Waals surface area contributed by atoms with Gasteiger partial charge in [0.05, 0.1) is 11.3 Å². The van der Waals surface area contributed by atoms with Gasteiger partial charge in [-0.05, 0) is 31.0 Å². The number of carbonyl (C=O) groups excluding carboxylic acids is 2. The topological polar surface area (TPSA) is 105 Å². The zero-order valence-corrected chi connectivity index (χ0v) is 19.0. The van der Waals surface area contributed by atoms with E-state index in [2.05, 4.69) is 30.8 Å². The van der Waals surface area contributed by atoms with Gasteiger partial charge in [0, 0.05) is 43.2 Å². The largest absolute Gasteiger partial charge is 0.341 e. The molecular formula is C26H25N7O2. The second kappa shape index (κ2) is 10.2. The van der Waals surface area contributed by atoms with Gasteiger partial charge in [-0.1, -0.05) is 48.5 Å². The SMILES string of the molecule is O=C(NNC(=O)C1CCN(c2ncccn2)CC1)c1cn(-c2ccccc2)nc1-c1ccccc1. The summed E-state index contributed by atoms with van der Waals surface area (Å²) in [4.78, 5) is 36.5. The molecule has 3 heterocycles. The van der Waals surface area contributed by atoms with Gasteiger partial charge in [0.15, 0.2) is 0 Å². The third kappa shape index (κ3) is 5.03. The Labute approximate surface area is 202 Å². The van der Waals surface area contributed by atoms with Gasteiger partial charge in [-0.3, -0.25) is 20.4 Å². The van der Waals surface area contributed by atoms with Crippen LogP contribution in [0.5, 0.6) is 0 Å². The number of aromatic nitrogens is 4. The van der Waals surface area contributed by atoms with Crippen molar-refractivity contribution in [3.63, 3.8) is 0 Å². The molecule has 1 saturated heterocycles. The minimum atomic E-state index is -0.422. The zero-order valence-electron chi connectivity index (χ0n) is 19.0. The smallest absolute Gasteiger partial charge is 0.273 e.